The summed E-state index contributed by atoms with van der Waals surface area (Å²) in [6.45, 7) is 3.54. The van der Waals surface area contributed by atoms with Crippen molar-refractivity contribution in [1.29, 1.82) is 0 Å². The van der Waals surface area contributed by atoms with Gasteiger partial charge in [0.2, 0.25) is 16.8 Å². The van der Waals surface area contributed by atoms with Gasteiger partial charge in [-0.25, -0.2) is 8.42 Å². The monoisotopic (exact) mass is 544 g/mol. The van der Waals surface area contributed by atoms with Crippen LogP contribution in [0.2, 0.25) is 0 Å². The van der Waals surface area contributed by atoms with Crippen LogP contribution >= 0.6 is 0 Å². The second-order valence-electron chi connectivity index (χ2n) is 10.0. The molecule has 38 heavy (non-hydrogen) atoms. The van der Waals surface area contributed by atoms with Gasteiger partial charge in [-0.05, 0) is 36.6 Å². The van der Waals surface area contributed by atoms with Crippen LogP contribution in [0.25, 0.3) is 0 Å². The number of amides is 1. The summed E-state index contributed by atoms with van der Waals surface area (Å²) in [6, 6.07) is 4.54. The summed E-state index contributed by atoms with van der Waals surface area (Å²) in [5.74, 6) is -1.11. The molecule has 5 rings (SSSR count). The van der Waals surface area contributed by atoms with Gasteiger partial charge in [0, 0.05) is 18.2 Å². The Kier molecular flexibility index (Phi) is 6.84. The van der Waals surface area contributed by atoms with Gasteiger partial charge in [0.15, 0.2) is 35.5 Å². The lowest BCUT2D eigenvalue weighted by Crippen LogP contribution is -2.51. The van der Waals surface area contributed by atoms with E-state index in [2.05, 4.69) is 10.6 Å². The molecular weight excluding hydrogens is 516 g/mol. The second kappa shape index (κ2) is 9.97. The number of benzene rings is 1. The number of hydrogen-bond donors (Lipinski definition) is 2. The molecule has 2 saturated heterocycles. The molecule has 4 unspecified atom stereocenters. The van der Waals surface area contributed by atoms with Crippen LogP contribution in [0.15, 0.2) is 47.6 Å². The number of nitrogens with zero attached hydrogens (tertiary/aromatic N) is 2. The zero-order valence-electron chi connectivity index (χ0n) is 20.8. The first-order valence-electron chi connectivity index (χ1n) is 12.3. The molecule has 0 spiro atoms. The maximum absolute atomic E-state index is 13.9. The van der Waals surface area contributed by atoms with Crippen LogP contribution in [-0.2, 0) is 19.6 Å². The Morgan fingerprint density at radius 1 is 1.24 bits per heavy atom. The highest BCUT2D eigenvalue weighted by atomic mass is 32.2. The van der Waals surface area contributed by atoms with Crippen LogP contribution in [0.5, 0.6) is 11.5 Å². The van der Waals surface area contributed by atoms with Crippen LogP contribution in [0.4, 0.5) is 0 Å². The lowest BCUT2D eigenvalue weighted by Gasteiger charge is -2.29. The summed E-state index contributed by atoms with van der Waals surface area (Å²) >= 11 is 0. The number of rotatable bonds is 8. The molecule has 3 aliphatic rings. The van der Waals surface area contributed by atoms with Gasteiger partial charge in [0.1, 0.15) is 4.90 Å². The number of sulfonamides is 1. The number of ketones is 2. The topological polar surface area (TPSA) is 158 Å². The lowest BCUT2D eigenvalue weighted by atomic mass is 9.88. The first-order chi connectivity index (χ1) is 18.1. The van der Waals surface area contributed by atoms with E-state index in [9.17, 15) is 28.0 Å². The van der Waals surface area contributed by atoms with Crippen molar-refractivity contribution >= 4 is 27.5 Å². The maximum atomic E-state index is 13.9. The molecule has 4 heterocycles. The second-order valence-corrected chi connectivity index (χ2v) is 11.9. The first kappa shape index (κ1) is 26.1. The predicted molar refractivity (Wildman–Crippen MR) is 132 cm³/mol. The molecule has 1 aromatic carbocycles. The van der Waals surface area contributed by atoms with Crippen molar-refractivity contribution in [2.75, 3.05) is 19.9 Å². The number of aromatic nitrogens is 1. The van der Waals surface area contributed by atoms with Gasteiger partial charge in [0.05, 0.1) is 30.6 Å². The average molecular weight is 545 g/mol. The van der Waals surface area contributed by atoms with Gasteiger partial charge in [-0.2, -0.15) is 9.04 Å². The third-order valence-corrected chi connectivity index (χ3v) is 8.84. The Hall–Kier alpha value is -3.55. The number of pyridine rings is 1. The van der Waals surface area contributed by atoms with Gasteiger partial charge >= 0.3 is 0 Å². The summed E-state index contributed by atoms with van der Waals surface area (Å²) < 4.78 is 38.9. The normalized spacial score (nSPS) is 23.4. The predicted octanol–water partition coefficient (Wildman–Crippen LogP) is -0.00750. The minimum atomic E-state index is -4.25. The fourth-order valence-corrected chi connectivity index (χ4v) is 6.89. The van der Waals surface area contributed by atoms with Crippen molar-refractivity contribution in [3.8, 4) is 11.5 Å². The van der Waals surface area contributed by atoms with Crippen molar-refractivity contribution in [1.82, 2.24) is 14.9 Å². The van der Waals surface area contributed by atoms with Crippen LogP contribution in [0.3, 0.4) is 0 Å². The summed E-state index contributed by atoms with van der Waals surface area (Å²) in [4.78, 5) is 39.4. The molecule has 0 saturated carbocycles. The van der Waals surface area contributed by atoms with Crippen LogP contribution in [0, 0.1) is 17.0 Å². The highest BCUT2D eigenvalue weighted by molar-refractivity contribution is 7.89. The largest absolute Gasteiger partial charge is 0.619 e. The Bertz CT molecular complexity index is 1400. The van der Waals surface area contributed by atoms with Crippen LogP contribution in [-0.4, -0.2) is 68.2 Å². The van der Waals surface area contributed by atoms with Crippen molar-refractivity contribution < 1.29 is 37.0 Å². The third-order valence-electron chi connectivity index (χ3n) is 7.01. The number of ether oxygens (including phenoxy) is 2. The van der Waals surface area contributed by atoms with Gasteiger partial charge in [-0.1, -0.05) is 13.8 Å². The molecule has 1 amide bonds. The Labute approximate surface area is 219 Å². The molecule has 3 aliphatic heterocycles. The first-order valence-corrected chi connectivity index (χ1v) is 13.7. The number of fused-ring (bicyclic) bond motifs is 2. The number of Topliss-reactive ketones (excluding diaryl/α,β-unsaturated/α-hetero) is 2. The molecule has 202 valence electrons. The average Bonchev–Trinajstić information content (AvgIpc) is 3.59. The van der Waals surface area contributed by atoms with E-state index in [4.69, 9.17) is 9.47 Å². The summed E-state index contributed by atoms with van der Waals surface area (Å²) in [7, 11) is -4.25. The summed E-state index contributed by atoms with van der Waals surface area (Å²) in [5, 5.41) is 17.5. The minimum absolute atomic E-state index is 0.0352. The molecular formula is C25H28N4O8S. The van der Waals surface area contributed by atoms with Gasteiger partial charge in [0.25, 0.3) is 5.91 Å². The highest BCUT2D eigenvalue weighted by Crippen LogP contribution is 2.35. The fourth-order valence-electron chi connectivity index (χ4n) is 5.25. The molecule has 0 radical (unpaired) electrons. The zero-order chi connectivity index (χ0) is 27.2. The van der Waals surface area contributed by atoms with Gasteiger partial charge < -0.3 is 25.3 Å². The molecule has 0 aliphatic carbocycles. The molecule has 1 aromatic heterocycles. The lowest BCUT2D eigenvalue weighted by molar-refractivity contribution is -0.607. The third kappa shape index (κ3) is 4.72. The van der Waals surface area contributed by atoms with Crippen LogP contribution in [0.1, 0.15) is 30.6 Å². The number of carbonyl (C=O) groups excluding carboxylic acids is 3. The van der Waals surface area contributed by atoms with Crippen molar-refractivity contribution in [2.24, 2.45) is 11.8 Å². The van der Waals surface area contributed by atoms with Gasteiger partial charge in [-0.15, -0.1) is 0 Å². The van der Waals surface area contributed by atoms with Crippen molar-refractivity contribution in [3.05, 3.63) is 53.5 Å². The molecule has 2 fully saturated rings. The summed E-state index contributed by atoms with van der Waals surface area (Å²) in [6.07, 6.45) is 2.39. The number of nitrogens with one attached hydrogen (secondary N) is 2. The quantitative estimate of drug-likeness (QED) is 0.344. The SMILES string of the molecule is CC(C)CC(NC(=O)c1ccc2c(c1)OCO2)C(=O)C1CNC2C(=O)CN(S(=O)(=O)c3ccc[n+]([O-])c3)C12. The Morgan fingerprint density at radius 3 is 2.74 bits per heavy atom. The van der Waals surface area contributed by atoms with Gasteiger partial charge in [-0.3, -0.25) is 14.4 Å². The molecule has 2 aromatic rings. The van der Waals surface area contributed by atoms with E-state index in [0.717, 1.165) is 16.7 Å². The standard InChI is InChI=1S/C25H28N4O8S/c1-14(2)8-18(27-25(32)15-5-6-20-21(9-15)37-13-36-20)24(31)17-10-26-22-19(30)12-29(23(17)22)38(34,35)16-4-3-7-28(33)11-16/h3-7,9,11,14,17-18,22-23,26H,8,10,12-13H2,1-2H3,(H,27,32). The van der Waals surface area contributed by atoms with E-state index >= 15 is 0 Å². The van der Waals surface area contributed by atoms with E-state index in [1.807, 2.05) is 13.8 Å². The van der Waals surface area contributed by atoms with E-state index < -0.39 is 46.5 Å². The van der Waals surface area contributed by atoms with E-state index in [-0.39, 0.29) is 41.3 Å². The fraction of sp³-hybridized carbons (Fsp3) is 0.440. The molecule has 13 heteroatoms. The van der Waals surface area contributed by atoms with E-state index in [0.29, 0.717) is 22.7 Å². The molecule has 0 bridgehead atoms. The number of hydrogen-bond acceptors (Lipinski definition) is 9. The van der Waals surface area contributed by atoms with E-state index in [1.54, 1.807) is 12.1 Å². The van der Waals surface area contributed by atoms with Crippen molar-refractivity contribution in [3.63, 3.8) is 0 Å². The molecule has 4 atom stereocenters. The van der Waals surface area contributed by atoms with Crippen LogP contribution < -0.4 is 24.8 Å². The number of carbonyl (C=O) groups is 3. The molecule has 12 nitrogen and oxygen atoms in total. The van der Waals surface area contributed by atoms with E-state index in [1.165, 1.54) is 18.2 Å². The minimum Gasteiger partial charge on any atom is -0.619 e. The Balaban J connectivity index is 1.41. The maximum Gasteiger partial charge on any atom is 0.252 e. The summed E-state index contributed by atoms with van der Waals surface area (Å²) in [5.41, 5.74) is 0.286. The van der Waals surface area contributed by atoms with Crippen molar-refractivity contribution in [2.45, 2.75) is 43.3 Å². The Morgan fingerprint density at radius 2 is 2.00 bits per heavy atom. The smallest absolute Gasteiger partial charge is 0.252 e. The highest BCUT2D eigenvalue weighted by Gasteiger charge is 2.56. The zero-order valence-corrected chi connectivity index (χ0v) is 21.6. The molecule has 2 N–H and O–H groups in total.